The van der Waals surface area contributed by atoms with E-state index in [-0.39, 0.29) is 11.5 Å². The van der Waals surface area contributed by atoms with Crippen LogP contribution in [0.15, 0.2) is 0 Å². The molecule has 0 spiro atoms. The minimum atomic E-state index is -2.74. The van der Waals surface area contributed by atoms with Gasteiger partial charge in [0.25, 0.3) is 0 Å². The van der Waals surface area contributed by atoms with Gasteiger partial charge in [0.1, 0.15) is 0 Å². The molecule has 1 saturated heterocycles. The minimum absolute atomic E-state index is 0.259. The van der Waals surface area contributed by atoms with Gasteiger partial charge in [-0.15, -0.1) is 6.42 Å². The molecule has 1 rings (SSSR count). The van der Waals surface area contributed by atoms with Crippen LogP contribution < -0.4 is 0 Å². The Hall–Kier alpha value is -0.530. The topological polar surface area (TPSA) is 37.4 Å². The molecule has 0 saturated carbocycles. The molecule has 0 bridgehead atoms. The lowest BCUT2D eigenvalue weighted by atomic mass is 10.5. The zero-order valence-electron chi connectivity index (χ0n) is 6.28. The summed E-state index contributed by atoms with van der Waals surface area (Å²) in [5, 5.41) is 0. The van der Waals surface area contributed by atoms with Gasteiger partial charge in [0.2, 0.25) is 0 Å². The predicted molar refractivity (Wildman–Crippen MR) is 43.9 cm³/mol. The molecular weight excluding hydrogens is 162 g/mol. The molecule has 0 aromatic rings. The number of sulfone groups is 1. The van der Waals surface area contributed by atoms with Crippen molar-refractivity contribution in [2.75, 3.05) is 31.1 Å². The van der Waals surface area contributed by atoms with Crippen LogP contribution in [0, 0.1) is 12.3 Å². The summed E-state index contributed by atoms with van der Waals surface area (Å²) in [4.78, 5) is 1.97. The van der Waals surface area contributed by atoms with Crippen LogP contribution in [0.5, 0.6) is 0 Å². The smallest absolute Gasteiger partial charge is 0.152 e. The maximum atomic E-state index is 10.9. The minimum Gasteiger partial charge on any atom is -0.290 e. The normalized spacial score (nSPS) is 24.3. The van der Waals surface area contributed by atoms with E-state index in [1.54, 1.807) is 0 Å². The third-order valence-electron chi connectivity index (χ3n) is 1.75. The van der Waals surface area contributed by atoms with Crippen LogP contribution in [0.1, 0.15) is 0 Å². The molecule has 1 aliphatic rings. The third-order valence-corrected chi connectivity index (χ3v) is 3.36. The van der Waals surface area contributed by atoms with Crippen molar-refractivity contribution in [1.82, 2.24) is 4.90 Å². The summed E-state index contributed by atoms with van der Waals surface area (Å²) in [6.45, 7) is 1.74. The van der Waals surface area contributed by atoms with Crippen molar-refractivity contribution in [3.8, 4) is 12.3 Å². The summed E-state index contributed by atoms with van der Waals surface area (Å²) >= 11 is 0. The number of hydrogen-bond acceptors (Lipinski definition) is 3. The molecule has 62 valence electrons. The van der Waals surface area contributed by atoms with E-state index in [9.17, 15) is 8.42 Å². The fourth-order valence-corrected chi connectivity index (χ4v) is 2.31. The van der Waals surface area contributed by atoms with E-state index >= 15 is 0 Å². The first-order valence-corrected chi connectivity index (χ1v) is 5.32. The van der Waals surface area contributed by atoms with Gasteiger partial charge in [-0.05, 0) is 0 Å². The summed E-state index contributed by atoms with van der Waals surface area (Å²) in [6.07, 6.45) is 5.09. The standard InChI is InChI=1S/C7H11NO2S/c1-2-3-8-4-6-11(9,10)7-5-8/h1H,3-7H2. The van der Waals surface area contributed by atoms with E-state index in [0.29, 0.717) is 19.6 Å². The average molecular weight is 173 g/mol. The van der Waals surface area contributed by atoms with Crippen LogP contribution in [0.4, 0.5) is 0 Å². The quantitative estimate of drug-likeness (QED) is 0.494. The molecule has 0 amide bonds. The predicted octanol–water partition coefficient (Wildman–Crippen LogP) is -0.650. The largest absolute Gasteiger partial charge is 0.290 e. The highest BCUT2D eigenvalue weighted by Gasteiger charge is 2.20. The fourth-order valence-electron chi connectivity index (χ4n) is 1.04. The molecule has 1 aliphatic heterocycles. The lowest BCUT2D eigenvalue weighted by Crippen LogP contribution is -2.40. The molecule has 0 unspecified atom stereocenters. The molecule has 1 heterocycles. The van der Waals surface area contributed by atoms with Crippen LogP contribution in [0.2, 0.25) is 0 Å². The van der Waals surface area contributed by atoms with Crippen LogP contribution in [-0.4, -0.2) is 44.5 Å². The molecular formula is C7H11NO2S. The Kier molecular flexibility index (Phi) is 2.53. The van der Waals surface area contributed by atoms with Crippen LogP contribution in [-0.2, 0) is 9.84 Å². The van der Waals surface area contributed by atoms with Gasteiger partial charge in [0, 0.05) is 13.1 Å². The Morgan fingerprint density at radius 3 is 2.36 bits per heavy atom. The van der Waals surface area contributed by atoms with Crippen molar-refractivity contribution in [2.45, 2.75) is 0 Å². The molecule has 0 aromatic carbocycles. The monoisotopic (exact) mass is 173 g/mol. The van der Waals surface area contributed by atoms with Crippen molar-refractivity contribution in [3.05, 3.63) is 0 Å². The van der Waals surface area contributed by atoms with Gasteiger partial charge >= 0.3 is 0 Å². The lowest BCUT2D eigenvalue weighted by Gasteiger charge is -2.23. The molecule has 4 heteroatoms. The second kappa shape index (κ2) is 3.24. The van der Waals surface area contributed by atoms with Crippen molar-refractivity contribution in [3.63, 3.8) is 0 Å². The van der Waals surface area contributed by atoms with Gasteiger partial charge in [-0.25, -0.2) is 8.42 Å². The first-order chi connectivity index (χ1) is 5.14. The van der Waals surface area contributed by atoms with Crippen molar-refractivity contribution in [1.29, 1.82) is 0 Å². The van der Waals surface area contributed by atoms with E-state index in [2.05, 4.69) is 5.92 Å². The summed E-state index contributed by atoms with van der Waals surface area (Å²) < 4.78 is 21.8. The zero-order valence-corrected chi connectivity index (χ0v) is 7.10. The third kappa shape index (κ3) is 2.52. The summed E-state index contributed by atoms with van der Waals surface area (Å²) in [5.74, 6) is 3.01. The molecule has 11 heavy (non-hydrogen) atoms. The lowest BCUT2D eigenvalue weighted by molar-refractivity contribution is 0.332. The average Bonchev–Trinajstić information content (AvgIpc) is 1.94. The van der Waals surface area contributed by atoms with Crippen LogP contribution in [0.25, 0.3) is 0 Å². The van der Waals surface area contributed by atoms with E-state index in [0.717, 1.165) is 0 Å². The van der Waals surface area contributed by atoms with Crippen molar-refractivity contribution >= 4 is 9.84 Å². The number of rotatable bonds is 1. The molecule has 0 atom stereocenters. The second-order valence-electron chi connectivity index (χ2n) is 2.63. The molecule has 0 aromatic heterocycles. The zero-order chi connectivity index (χ0) is 8.32. The Morgan fingerprint density at radius 1 is 1.36 bits per heavy atom. The second-order valence-corrected chi connectivity index (χ2v) is 4.94. The fraction of sp³-hybridized carbons (Fsp3) is 0.714. The van der Waals surface area contributed by atoms with Gasteiger partial charge < -0.3 is 0 Å². The Labute approximate surface area is 67.3 Å². The van der Waals surface area contributed by atoms with Gasteiger partial charge in [-0.1, -0.05) is 5.92 Å². The van der Waals surface area contributed by atoms with E-state index in [4.69, 9.17) is 6.42 Å². The van der Waals surface area contributed by atoms with Gasteiger partial charge in [-0.3, -0.25) is 4.90 Å². The van der Waals surface area contributed by atoms with E-state index in [1.165, 1.54) is 0 Å². The number of terminal acetylenes is 1. The highest BCUT2D eigenvalue weighted by atomic mass is 32.2. The van der Waals surface area contributed by atoms with Gasteiger partial charge in [-0.2, -0.15) is 0 Å². The first-order valence-electron chi connectivity index (χ1n) is 3.50. The van der Waals surface area contributed by atoms with Crippen molar-refractivity contribution < 1.29 is 8.42 Å². The Bertz CT molecular complexity index is 249. The van der Waals surface area contributed by atoms with E-state index in [1.807, 2.05) is 4.90 Å². The Balaban J connectivity index is 2.44. The summed E-state index contributed by atoms with van der Waals surface area (Å²) in [5.41, 5.74) is 0. The van der Waals surface area contributed by atoms with Gasteiger partial charge in [0.15, 0.2) is 9.84 Å². The van der Waals surface area contributed by atoms with Crippen LogP contribution in [0.3, 0.4) is 0 Å². The Morgan fingerprint density at radius 2 is 1.91 bits per heavy atom. The first kappa shape index (κ1) is 8.57. The van der Waals surface area contributed by atoms with E-state index < -0.39 is 9.84 Å². The maximum Gasteiger partial charge on any atom is 0.152 e. The molecule has 0 aliphatic carbocycles. The SMILES string of the molecule is C#CCN1CCS(=O)(=O)CC1. The molecule has 1 fully saturated rings. The highest BCUT2D eigenvalue weighted by Crippen LogP contribution is 2.01. The molecule has 0 radical (unpaired) electrons. The van der Waals surface area contributed by atoms with Crippen molar-refractivity contribution in [2.24, 2.45) is 0 Å². The summed E-state index contributed by atoms with van der Waals surface area (Å²) in [6, 6.07) is 0. The number of nitrogens with zero attached hydrogens (tertiary/aromatic N) is 1. The van der Waals surface area contributed by atoms with Crippen LogP contribution >= 0.6 is 0 Å². The number of hydrogen-bond donors (Lipinski definition) is 0. The van der Waals surface area contributed by atoms with Gasteiger partial charge in [0.05, 0.1) is 18.1 Å². The molecule has 0 N–H and O–H groups in total. The summed E-state index contributed by atoms with van der Waals surface area (Å²) in [7, 11) is -2.74. The molecule has 3 nitrogen and oxygen atoms in total. The maximum absolute atomic E-state index is 10.9. The highest BCUT2D eigenvalue weighted by molar-refractivity contribution is 7.91.